The van der Waals surface area contributed by atoms with Crippen LogP contribution in [0, 0.1) is 6.92 Å². The Morgan fingerprint density at radius 3 is 2.60 bits per heavy atom. The van der Waals surface area contributed by atoms with E-state index in [1.165, 1.54) is 11.1 Å². The fourth-order valence-corrected chi connectivity index (χ4v) is 2.99. The lowest BCUT2D eigenvalue weighted by atomic mass is 10.2. The van der Waals surface area contributed by atoms with Crippen LogP contribution >= 0.6 is 35.7 Å². The quantitative estimate of drug-likeness (QED) is 0.267. The summed E-state index contributed by atoms with van der Waals surface area (Å²) in [6.07, 6.45) is 1.80. The van der Waals surface area contributed by atoms with E-state index in [0.29, 0.717) is 6.54 Å². The van der Waals surface area contributed by atoms with Crippen LogP contribution in [0.3, 0.4) is 0 Å². The van der Waals surface area contributed by atoms with E-state index in [1.54, 1.807) is 6.20 Å². The Balaban J connectivity index is 0.00000312. The molecule has 0 aliphatic heterocycles. The van der Waals surface area contributed by atoms with Crippen molar-refractivity contribution >= 4 is 41.7 Å². The van der Waals surface area contributed by atoms with Gasteiger partial charge in [-0.15, -0.1) is 24.0 Å². The predicted molar refractivity (Wildman–Crippen MR) is 119 cm³/mol. The van der Waals surface area contributed by atoms with Crippen molar-refractivity contribution in [1.29, 1.82) is 0 Å². The minimum atomic E-state index is 0. The van der Waals surface area contributed by atoms with E-state index < -0.39 is 0 Å². The van der Waals surface area contributed by atoms with E-state index in [-0.39, 0.29) is 24.0 Å². The zero-order chi connectivity index (χ0) is 17.2. The number of aliphatic imine (C=N–C) groups is 1. The summed E-state index contributed by atoms with van der Waals surface area (Å²) in [4.78, 5) is 4.61. The lowest BCUT2D eigenvalue weighted by molar-refractivity contribution is 0.708. The molecule has 1 heterocycles. The molecule has 1 aromatic carbocycles. The van der Waals surface area contributed by atoms with Crippen LogP contribution in [0.25, 0.3) is 0 Å². The standard InChI is InChI=1S/C18H27N5S.HI/c1-4-19-18(21-13-17-9-10-22-23(17)3)20-11-12-24-14-16-7-5-15(2)6-8-16;/h5-10H,4,11-14H2,1-3H3,(H2,19,20,21);1H. The van der Waals surface area contributed by atoms with E-state index in [4.69, 9.17) is 0 Å². The Kier molecular flexibility index (Phi) is 10.6. The third-order valence-electron chi connectivity index (χ3n) is 3.59. The molecule has 25 heavy (non-hydrogen) atoms. The average molecular weight is 473 g/mol. The molecule has 0 saturated heterocycles. The molecule has 0 aliphatic rings. The van der Waals surface area contributed by atoms with Crippen LogP contribution in [-0.4, -0.2) is 34.6 Å². The van der Waals surface area contributed by atoms with Crippen molar-refractivity contribution < 1.29 is 0 Å². The SMILES string of the molecule is CCNC(=NCc1ccnn1C)NCCSCc1ccc(C)cc1.I. The van der Waals surface area contributed by atoms with Crippen LogP contribution in [-0.2, 0) is 19.3 Å². The molecule has 0 saturated carbocycles. The second-order valence-corrected chi connectivity index (χ2v) is 6.71. The second kappa shape index (κ2) is 12.2. The van der Waals surface area contributed by atoms with Gasteiger partial charge in [-0.05, 0) is 25.5 Å². The van der Waals surface area contributed by atoms with Gasteiger partial charge in [0.05, 0.1) is 12.2 Å². The van der Waals surface area contributed by atoms with Crippen molar-refractivity contribution in [3.05, 3.63) is 53.3 Å². The largest absolute Gasteiger partial charge is 0.357 e. The van der Waals surface area contributed by atoms with Gasteiger partial charge in [0, 0.05) is 37.8 Å². The van der Waals surface area contributed by atoms with Gasteiger partial charge in [-0.2, -0.15) is 16.9 Å². The van der Waals surface area contributed by atoms with Gasteiger partial charge in [-0.1, -0.05) is 29.8 Å². The number of hydrogen-bond acceptors (Lipinski definition) is 3. The molecular weight excluding hydrogens is 445 g/mol. The number of aromatic nitrogens is 2. The highest BCUT2D eigenvalue weighted by atomic mass is 127. The van der Waals surface area contributed by atoms with Crippen LogP contribution in [0.2, 0.25) is 0 Å². The van der Waals surface area contributed by atoms with Gasteiger partial charge in [-0.3, -0.25) is 4.68 Å². The maximum Gasteiger partial charge on any atom is 0.191 e. The zero-order valence-corrected chi connectivity index (χ0v) is 18.3. The first-order valence-electron chi connectivity index (χ1n) is 8.31. The van der Waals surface area contributed by atoms with Gasteiger partial charge in [0.1, 0.15) is 0 Å². The number of hydrogen-bond donors (Lipinski definition) is 2. The first kappa shape index (κ1) is 21.8. The van der Waals surface area contributed by atoms with E-state index >= 15 is 0 Å². The Morgan fingerprint density at radius 1 is 1.20 bits per heavy atom. The number of nitrogens with zero attached hydrogens (tertiary/aromatic N) is 3. The first-order chi connectivity index (χ1) is 11.7. The van der Waals surface area contributed by atoms with Crippen LogP contribution < -0.4 is 10.6 Å². The number of halogens is 1. The maximum absolute atomic E-state index is 4.61. The summed E-state index contributed by atoms with van der Waals surface area (Å²) in [6, 6.07) is 10.7. The molecule has 138 valence electrons. The molecule has 0 radical (unpaired) electrons. The molecule has 0 unspecified atom stereocenters. The molecule has 0 aliphatic carbocycles. The topological polar surface area (TPSA) is 54.2 Å². The molecule has 2 aromatic rings. The van der Waals surface area contributed by atoms with Crippen molar-refractivity contribution in [1.82, 2.24) is 20.4 Å². The van der Waals surface area contributed by atoms with Gasteiger partial charge >= 0.3 is 0 Å². The van der Waals surface area contributed by atoms with E-state index in [2.05, 4.69) is 58.8 Å². The van der Waals surface area contributed by atoms with Crippen LogP contribution in [0.15, 0.2) is 41.5 Å². The van der Waals surface area contributed by atoms with Crippen LogP contribution in [0.4, 0.5) is 0 Å². The van der Waals surface area contributed by atoms with Gasteiger partial charge in [0.2, 0.25) is 0 Å². The minimum absolute atomic E-state index is 0. The summed E-state index contributed by atoms with van der Waals surface area (Å²) in [5.74, 6) is 2.95. The minimum Gasteiger partial charge on any atom is -0.357 e. The van der Waals surface area contributed by atoms with E-state index in [0.717, 1.165) is 36.2 Å². The Labute approximate surface area is 172 Å². The van der Waals surface area contributed by atoms with Crippen LogP contribution in [0.1, 0.15) is 23.7 Å². The zero-order valence-electron chi connectivity index (χ0n) is 15.2. The summed E-state index contributed by atoms with van der Waals surface area (Å²) in [7, 11) is 1.94. The Hall–Kier alpha value is -1.22. The Bertz CT molecular complexity index is 639. The monoisotopic (exact) mass is 473 g/mol. The Morgan fingerprint density at radius 2 is 1.96 bits per heavy atom. The fraction of sp³-hybridized carbons (Fsp3) is 0.444. The van der Waals surface area contributed by atoms with Crippen LogP contribution in [0.5, 0.6) is 0 Å². The number of nitrogens with one attached hydrogen (secondary N) is 2. The predicted octanol–water partition coefficient (Wildman–Crippen LogP) is 3.34. The van der Waals surface area contributed by atoms with Crippen molar-refractivity contribution in [3.8, 4) is 0 Å². The molecule has 7 heteroatoms. The van der Waals surface area contributed by atoms with Crippen molar-refractivity contribution in [2.45, 2.75) is 26.1 Å². The number of benzene rings is 1. The van der Waals surface area contributed by atoms with E-state index in [9.17, 15) is 0 Å². The third kappa shape index (κ3) is 8.13. The van der Waals surface area contributed by atoms with Gasteiger partial charge in [0.25, 0.3) is 0 Å². The number of thioether (sulfide) groups is 1. The number of rotatable bonds is 8. The molecule has 5 nitrogen and oxygen atoms in total. The second-order valence-electron chi connectivity index (χ2n) is 5.61. The van der Waals surface area contributed by atoms with Gasteiger partial charge in [0.15, 0.2) is 5.96 Å². The molecule has 0 bridgehead atoms. The molecule has 0 amide bonds. The normalized spacial score (nSPS) is 11.1. The highest BCUT2D eigenvalue weighted by Crippen LogP contribution is 2.12. The highest BCUT2D eigenvalue weighted by Gasteiger charge is 2.00. The summed E-state index contributed by atoms with van der Waals surface area (Å²) >= 11 is 1.93. The smallest absolute Gasteiger partial charge is 0.191 e. The summed E-state index contributed by atoms with van der Waals surface area (Å²) < 4.78 is 1.85. The van der Waals surface area contributed by atoms with E-state index in [1.807, 2.05) is 29.6 Å². The summed E-state index contributed by atoms with van der Waals surface area (Å²) in [6.45, 7) is 6.57. The molecule has 0 spiro atoms. The molecule has 1 aromatic heterocycles. The number of guanidine groups is 1. The summed E-state index contributed by atoms with van der Waals surface area (Å²) in [5, 5.41) is 10.8. The first-order valence-corrected chi connectivity index (χ1v) is 9.47. The van der Waals surface area contributed by atoms with Gasteiger partial charge < -0.3 is 10.6 Å². The molecule has 0 fully saturated rings. The average Bonchev–Trinajstić information content (AvgIpc) is 2.99. The van der Waals surface area contributed by atoms with Crippen molar-refractivity contribution in [2.24, 2.45) is 12.0 Å². The number of aryl methyl sites for hydroxylation is 2. The lowest BCUT2D eigenvalue weighted by Crippen LogP contribution is -2.38. The molecule has 2 rings (SSSR count). The molecule has 0 atom stereocenters. The maximum atomic E-state index is 4.61. The lowest BCUT2D eigenvalue weighted by Gasteiger charge is -2.11. The van der Waals surface area contributed by atoms with Crippen molar-refractivity contribution in [3.63, 3.8) is 0 Å². The van der Waals surface area contributed by atoms with Crippen molar-refractivity contribution in [2.75, 3.05) is 18.8 Å². The fourth-order valence-electron chi connectivity index (χ4n) is 2.17. The molecule has 2 N–H and O–H groups in total. The summed E-state index contributed by atoms with van der Waals surface area (Å²) in [5.41, 5.74) is 3.79. The third-order valence-corrected chi connectivity index (χ3v) is 4.62. The van der Waals surface area contributed by atoms with Gasteiger partial charge in [-0.25, -0.2) is 4.99 Å². The molecular formula is C18H28IN5S. The highest BCUT2D eigenvalue weighted by molar-refractivity contribution is 14.0.